The highest BCUT2D eigenvalue weighted by Gasteiger charge is 2.25. The van der Waals surface area contributed by atoms with Crippen LogP contribution < -0.4 is 10.2 Å². The topological polar surface area (TPSA) is 18.5 Å². The van der Waals surface area contributed by atoms with Gasteiger partial charge in [-0.3, -0.25) is 4.90 Å². The van der Waals surface area contributed by atoms with E-state index in [4.69, 9.17) is 0 Å². The van der Waals surface area contributed by atoms with E-state index in [9.17, 15) is 0 Å². The number of rotatable bonds is 5. The molecule has 1 N–H and O–H groups in total. The standard InChI is InChI=1S/C23H31N3/c1-19-22-10-6-5-7-20(22)11-12-23(19)24-13-14-25-15-17-26(18-16-25)21-8-3-2-4-9-21/h2-10,19,23-24H,11-18H2,1H3. The maximum Gasteiger partial charge on any atom is 0.0367 e. The third-order valence-electron chi connectivity index (χ3n) is 6.20. The van der Waals surface area contributed by atoms with Crippen molar-refractivity contribution in [1.82, 2.24) is 10.2 Å². The molecule has 2 aromatic rings. The van der Waals surface area contributed by atoms with Crippen molar-refractivity contribution < 1.29 is 0 Å². The Kier molecular flexibility index (Phi) is 5.57. The zero-order valence-corrected chi connectivity index (χ0v) is 15.9. The molecule has 2 aromatic carbocycles. The lowest BCUT2D eigenvalue weighted by molar-refractivity contribution is 0.249. The molecular weight excluding hydrogens is 318 g/mol. The van der Waals surface area contributed by atoms with Crippen molar-refractivity contribution in [2.24, 2.45) is 0 Å². The van der Waals surface area contributed by atoms with Gasteiger partial charge in [0.25, 0.3) is 0 Å². The van der Waals surface area contributed by atoms with Crippen LogP contribution in [-0.2, 0) is 6.42 Å². The highest BCUT2D eigenvalue weighted by Crippen LogP contribution is 2.31. The van der Waals surface area contributed by atoms with E-state index in [1.165, 1.54) is 31.6 Å². The van der Waals surface area contributed by atoms with Crippen LogP contribution in [0.15, 0.2) is 54.6 Å². The van der Waals surface area contributed by atoms with Crippen molar-refractivity contribution in [2.75, 3.05) is 44.2 Å². The van der Waals surface area contributed by atoms with Gasteiger partial charge in [0.1, 0.15) is 0 Å². The van der Waals surface area contributed by atoms with E-state index in [0.29, 0.717) is 12.0 Å². The van der Waals surface area contributed by atoms with Gasteiger partial charge in [0, 0.05) is 51.0 Å². The minimum Gasteiger partial charge on any atom is -0.369 e. The molecule has 1 aliphatic heterocycles. The molecule has 0 bridgehead atoms. The molecule has 2 atom stereocenters. The Morgan fingerprint density at radius 1 is 0.923 bits per heavy atom. The third-order valence-corrected chi connectivity index (χ3v) is 6.20. The lowest BCUT2D eigenvalue weighted by Gasteiger charge is -2.37. The fourth-order valence-corrected chi connectivity index (χ4v) is 4.54. The number of hydrogen-bond acceptors (Lipinski definition) is 3. The minimum atomic E-state index is 0.620. The largest absolute Gasteiger partial charge is 0.369 e. The molecular formula is C23H31N3. The summed E-state index contributed by atoms with van der Waals surface area (Å²) in [6.45, 7) is 9.25. The summed E-state index contributed by atoms with van der Waals surface area (Å²) in [5, 5.41) is 3.85. The predicted molar refractivity (Wildman–Crippen MR) is 110 cm³/mol. The number of para-hydroxylation sites is 1. The van der Waals surface area contributed by atoms with Crippen molar-refractivity contribution in [3.05, 3.63) is 65.7 Å². The summed E-state index contributed by atoms with van der Waals surface area (Å²) in [4.78, 5) is 5.11. The Morgan fingerprint density at radius 3 is 2.46 bits per heavy atom. The lowest BCUT2D eigenvalue weighted by atomic mass is 9.80. The number of hydrogen-bond donors (Lipinski definition) is 1. The molecule has 2 aliphatic rings. The first kappa shape index (κ1) is 17.6. The second-order valence-corrected chi connectivity index (χ2v) is 7.75. The van der Waals surface area contributed by atoms with E-state index in [2.05, 4.69) is 76.6 Å². The molecule has 3 nitrogen and oxygen atoms in total. The Balaban J connectivity index is 1.21. The number of aryl methyl sites for hydroxylation is 1. The SMILES string of the molecule is CC1c2ccccc2CCC1NCCN1CCN(c2ccccc2)CC1. The van der Waals surface area contributed by atoms with Gasteiger partial charge in [0.15, 0.2) is 0 Å². The second-order valence-electron chi connectivity index (χ2n) is 7.75. The summed E-state index contributed by atoms with van der Waals surface area (Å²) >= 11 is 0. The van der Waals surface area contributed by atoms with Crippen LogP contribution in [0.25, 0.3) is 0 Å². The Hall–Kier alpha value is -1.84. The first-order valence-corrected chi connectivity index (χ1v) is 10.1. The molecule has 4 rings (SSSR count). The minimum absolute atomic E-state index is 0.620. The number of nitrogens with zero attached hydrogens (tertiary/aromatic N) is 2. The van der Waals surface area contributed by atoms with Crippen LogP contribution in [0.5, 0.6) is 0 Å². The van der Waals surface area contributed by atoms with Crippen LogP contribution in [0.1, 0.15) is 30.4 Å². The van der Waals surface area contributed by atoms with E-state index in [0.717, 1.165) is 26.2 Å². The zero-order chi connectivity index (χ0) is 17.8. The van der Waals surface area contributed by atoms with E-state index >= 15 is 0 Å². The van der Waals surface area contributed by atoms with Gasteiger partial charge >= 0.3 is 0 Å². The predicted octanol–water partition coefficient (Wildman–Crippen LogP) is 3.52. The van der Waals surface area contributed by atoms with Crippen LogP contribution in [0.3, 0.4) is 0 Å². The quantitative estimate of drug-likeness (QED) is 0.891. The number of anilines is 1. The first-order chi connectivity index (χ1) is 12.8. The lowest BCUT2D eigenvalue weighted by Crippen LogP contribution is -2.49. The fourth-order valence-electron chi connectivity index (χ4n) is 4.54. The molecule has 1 aliphatic carbocycles. The van der Waals surface area contributed by atoms with Crippen LogP contribution in [0, 0.1) is 0 Å². The fraction of sp³-hybridized carbons (Fsp3) is 0.478. The molecule has 0 spiro atoms. The Bertz CT molecular complexity index is 692. The Labute approximate surface area is 158 Å². The van der Waals surface area contributed by atoms with Crippen molar-refractivity contribution in [1.29, 1.82) is 0 Å². The number of fused-ring (bicyclic) bond motifs is 1. The van der Waals surface area contributed by atoms with Crippen LogP contribution >= 0.6 is 0 Å². The van der Waals surface area contributed by atoms with Crippen molar-refractivity contribution >= 4 is 5.69 Å². The molecule has 1 saturated heterocycles. The number of nitrogens with one attached hydrogen (secondary N) is 1. The maximum atomic E-state index is 3.85. The molecule has 0 radical (unpaired) electrons. The first-order valence-electron chi connectivity index (χ1n) is 10.1. The second kappa shape index (κ2) is 8.24. The van der Waals surface area contributed by atoms with Crippen LogP contribution in [-0.4, -0.2) is 50.2 Å². The maximum absolute atomic E-state index is 3.85. The molecule has 3 heteroatoms. The van der Waals surface area contributed by atoms with Gasteiger partial charge in [-0.05, 0) is 42.0 Å². The average Bonchev–Trinajstić information content (AvgIpc) is 2.71. The summed E-state index contributed by atoms with van der Waals surface area (Å²) in [5.74, 6) is 0.620. The average molecular weight is 350 g/mol. The van der Waals surface area contributed by atoms with E-state index in [1.54, 1.807) is 11.1 Å². The van der Waals surface area contributed by atoms with Gasteiger partial charge in [0.2, 0.25) is 0 Å². The monoisotopic (exact) mass is 349 g/mol. The summed E-state index contributed by atoms with van der Waals surface area (Å²) in [7, 11) is 0. The third kappa shape index (κ3) is 3.94. The zero-order valence-electron chi connectivity index (χ0n) is 15.9. The summed E-state index contributed by atoms with van der Waals surface area (Å²) in [6, 6.07) is 20.4. The van der Waals surface area contributed by atoms with E-state index in [-0.39, 0.29) is 0 Å². The van der Waals surface area contributed by atoms with E-state index in [1.807, 2.05) is 0 Å². The Morgan fingerprint density at radius 2 is 1.65 bits per heavy atom. The van der Waals surface area contributed by atoms with Gasteiger partial charge in [-0.25, -0.2) is 0 Å². The van der Waals surface area contributed by atoms with Crippen molar-refractivity contribution in [2.45, 2.75) is 31.7 Å². The molecule has 1 fully saturated rings. The number of piperazine rings is 1. The van der Waals surface area contributed by atoms with Crippen molar-refractivity contribution in [3.8, 4) is 0 Å². The van der Waals surface area contributed by atoms with Crippen molar-refractivity contribution in [3.63, 3.8) is 0 Å². The molecule has 1 heterocycles. The summed E-state index contributed by atoms with van der Waals surface area (Å²) < 4.78 is 0. The highest BCUT2D eigenvalue weighted by molar-refractivity contribution is 5.46. The molecule has 26 heavy (non-hydrogen) atoms. The van der Waals surface area contributed by atoms with Gasteiger partial charge < -0.3 is 10.2 Å². The number of benzene rings is 2. The van der Waals surface area contributed by atoms with Gasteiger partial charge in [-0.2, -0.15) is 0 Å². The molecule has 0 amide bonds. The summed E-state index contributed by atoms with van der Waals surface area (Å²) in [5.41, 5.74) is 4.46. The normalized spacial score (nSPS) is 23.7. The van der Waals surface area contributed by atoms with E-state index < -0.39 is 0 Å². The van der Waals surface area contributed by atoms with Crippen LogP contribution in [0.4, 0.5) is 5.69 Å². The van der Waals surface area contributed by atoms with Crippen LogP contribution in [0.2, 0.25) is 0 Å². The molecule has 0 saturated carbocycles. The van der Waals surface area contributed by atoms with Gasteiger partial charge in [-0.1, -0.05) is 49.4 Å². The molecule has 0 aromatic heterocycles. The van der Waals surface area contributed by atoms with Gasteiger partial charge in [0.05, 0.1) is 0 Å². The molecule has 138 valence electrons. The smallest absolute Gasteiger partial charge is 0.0367 e. The molecule has 2 unspecified atom stereocenters. The summed E-state index contributed by atoms with van der Waals surface area (Å²) in [6.07, 6.45) is 2.48. The van der Waals surface area contributed by atoms with Gasteiger partial charge in [-0.15, -0.1) is 0 Å². The highest BCUT2D eigenvalue weighted by atomic mass is 15.3.